The van der Waals surface area contributed by atoms with Crippen LogP contribution < -0.4 is 11.3 Å². The zero-order valence-electron chi connectivity index (χ0n) is 10.7. The highest BCUT2D eigenvalue weighted by Crippen LogP contribution is 2.35. The van der Waals surface area contributed by atoms with Crippen molar-refractivity contribution >= 4 is 22.6 Å². The first-order valence-electron chi connectivity index (χ1n) is 6.27. The Morgan fingerprint density at radius 3 is 2.30 bits per heavy atom. The second-order valence-corrected chi connectivity index (χ2v) is 5.41. The van der Waals surface area contributed by atoms with E-state index < -0.39 is 0 Å². The lowest BCUT2D eigenvalue weighted by atomic mass is 10.0. The van der Waals surface area contributed by atoms with Gasteiger partial charge in [0.05, 0.1) is 11.0 Å². The molecular formula is C15H14N4S. The van der Waals surface area contributed by atoms with Gasteiger partial charge in [-0.25, -0.2) is 0 Å². The summed E-state index contributed by atoms with van der Waals surface area (Å²) in [4.78, 5) is 0. The number of nitrogens with two attached hydrogens (primary N) is 1. The van der Waals surface area contributed by atoms with E-state index in [2.05, 4.69) is 39.9 Å². The maximum atomic E-state index is 5.36. The van der Waals surface area contributed by atoms with Crippen LogP contribution in [0.4, 0.5) is 0 Å². The van der Waals surface area contributed by atoms with E-state index in [1.807, 2.05) is 36.4 Å². The van der Waals surface area contributed by atoms with Gasteiger partial charge in [-0.15, -0.1) is 0 Å². The number of nitrogens with zero attached hydrogens (tertiary/aromatic N) is 2. The molecule has 100 valence electrons. The summed E-state index contributed by atoms with van der Waals surface area (Å²) in [7, 11) is 0. The second kappa shape index (κ2) is 5.79. The Hall–Kier alpha value is -2.27. The molecule has 0 amide bonds. The Morgan fingerprint density at radius 2 is 1.65 bits per heavy atom. The summed E-state index contributed by atoms with van der Waals surface area (Å²) in [5.74, 6) is 5.36. The molecule has 1 aliphatic rings. The van der Waals surface area contributed by atoms with Gasteiger partial charge in [0, 0.05) is 0 Å². The Kier molecular flexibility index (Phi) is 3.69. The molecule has 5 heteroatoms. The molecule has 3 N–H and O–H groups in total. The molecule has 0 radical (unpaired) electrons. The van der Waals surface area contributed by atoms with Crippen molar-refractivity contribution < 1.29 is 0 Å². The van der Waals surface area contributed by atoms with Crippen molar-refractivity contribution in [3.05, 3.63) is 71.8 Å². The van der Waals surface area contributed by atoms with Gasteiger partial charge in [0.15, 0.2) is 0 Å². The lowest BCUT2D eigenvalue weighted by molar-refractivity contribution is 0.996. The zero-order chi connectivity index (χ0) is 13.8. The lowest BCUT2D eigenvalue weighted by Crippen LogP contribution is -2.28. The average Bonchev–Trinajstić information content (AvgIpc) is 2.56. The highest BCUT2D eigenvalue weighted by atomic mass is 32.2. The fraction of sp³-hybridized carbons (Fsp3) is 0.0667. The molecule has 0 spiro atoms. The molecule has 1 aliphatic heterocycles. The molecule has 1 heterocycles. The lowest BCUT2D eigenvalue weighted by Gasteiger charge is -2.24. The first kappa shape index (κ1) is 12.7. The molecule has 1 unspecified atom stereocenters. The van der Waals surface area contributed by atoms with Crippen LogP contribution in [0.25, 0.3) is 0 Å². The van der Waals surface area contributed by atoms with Crippen molar-refractivity contribution in [2.45, 2.75) is 5.25 Å². The molecule has 0 aliphatic carbocycles. The standard InChI is InChI=1S/C15H14N4S/c16-17-15-19-18-13(11-7-3-1-4-8-11)14(20-15)12-9-5-2-6-10-12/h1-10,14H,16H2,(H,17,19). The Morgan fingerprint density at radius 1 is 1.00 bits per heavy atom. The molecule has 1 atom stereocenters. The first-order valence-corrected chi connectivity index (χ1v) is 7.15. The van der Waals surface area contributed by atoms with Crippen LogP contribution in [-0.2, 0) is 0 Å². The Labute approximate surface area is 121 Å². The fourth-order valence-electron chi connectivity index (χ4n) is 2.10. The number of amidine groups is 1. The highest BCUT2D eigenvalue weighted by molar-refractivity contribution is 8.14. The molecule has 0 aromatic heterocycles. The van der Waals surface area contributed by atoms with Crippen molar-refractivity contribution in [2.75, 3.05) is 0 Å². The van der Waals surface area contributed by atoms with Crippen molar-refractivity contribution in [3.63, 3.8) is 0 Å². The van der Waals surface area contributed by atoms with Gasteiger partial charge in [0.1, 0.15) is 0 Å². The Bertz CT molecular complexity index is 637. The molecule has 3 rings (SSSR count). The van der Waals surface area contributed by atoms with Crippen LogP contribution in [0.1, 0.15) is 16.4 Å². The average molecular weight is 282 g/mol. The van der Waals surface area contributed by atoms with E-state index in [1.54, 1.807) is 11.8 Å². The zero-order valence-corrected chi connectivity index (χ0v) is 11.5. The van der Waals surface area contributed by atoms with Crippen molar-refractivity contribution in [1.82, 2.24) is 5.43 Å². The fourth-order valence-corrected chi connectivity index (χ4v) is 3.07. The van der Waals surface area contributed by atoms with Gasteiger partial charge in [-0.2, -0.15) is 10.2 Å². The minimum Gasteiger partial charge on any atom is -0.321 e. The van der Waals surface area contributed by atoms with Gasteiger partial charge in [-0.3, -0.25) is 5.43 Å². The quantitative estimate of drug-likeness (QED) is 0.657. The SMILES string of the molecule is NN=C1NN=C(c2ccccc2)C(c2ccccc2)S1. The molecular weight excluding hydrogens is 268 g/mol. The molecule has 4 nitrogen and oxygen atoms in total. The molecule has 2 aromatic rings. The molecule has 0 fully saturated rings. The van der Waals surface area contributed by atoms with Crippen molar-refractivity contribution in [1.29, 1.82) is 0 Å². The minimum atomic E-state index is 0.0853. The third-order valence-electron chi connectivity index (χ3n) is 3.04. The summed E-state index contributed by atoms with van der Waals surface area (Å²) in [5, 5.41) is 8.87. The van der Waals surface area contributed by atoms with Crippen LogP contribution in [0.15, 0.2) is 70.9 Å². The summed E-state index contributed by atoms with van der Waals surface area (Å²) in [6, 6.07) is 20.4. The van der Waals surface area contributed by atoms with E-state index in [-0.39, 0.29) is 5.25 Å². The normalized spacial score (nSPS) is 20.3. The highest BCUT2D eigenvalue weighted by Gasteiger charge is 2.26. The monoisotopic (exact) mass is 282 g/mol. The van der Waals surface area contributed by atoms with Crippen LogP contribution >= 0.6 is 11.8 Å². The number of rotatable bonds is 2. The first-order chi connectivity index (χ1) is 9.88. The number of hydrazone groups is 2. The van der Waals surface area contributed by atoms with Gasteiger partial charge in [0.2, 0.25) is 5.17 Å². The van der Waals surface area contributed by atoms with E-state index in [9.17, 15) is 0 Å². The largest absolute Gasteiger partial charge is 0.321 e. The molecule has 2 aromatic carbocycles. The van der Waals surface area contributed by atoms with E-state index in [4.69, 9.17) is 5.84 Å². The van der Waals surface area contributed by atoms with Gasteiger partial charge >= 0.3 is 0 Å². The summed E-state index contributed by atoms with van der Waals surface area (Å²) < 4.78 is 0. The predicted molar refractivity (Wildman–Crippen MR) is 84.5 cm³/mol. The number of thioether (sulfide) groups is 1. The van der Waals surface area contributed by atoms with Gasteiger partial charge < -0.3 is 5.84 Å². The molecule has 0 saturated carbocycles. The van der Waals surface area contributed by atoms with Crippen LogP contribution in [0.3, 0.4) is 0 Å². The number of benzene rings is 2. The van der Waals surface area contributed by atoms with Crippen LogP contribution in [-0.4, -0.2) is 10.9 Å². The topological polar surface area (TPSA) is 62.8 Å². The summed E-state index contributed by atoms with van der Waals surface area (Å²) in [6.45, 7) is 0. The van der Waals surface area contributed by atoms with Crippen LogP contribution in [0.5, 0.6) is 0 Å². The maximum absolute atomic E-state index is 5.36. The van der Waals surface area contributed by atoms with E-state index in [0.29, 0.717) is 5.17 Å². The van der Waals surface area contributed by atoms with Crippen molar-refractivity contribution in [3.8, 4) is 0 Å². The summed E-state index contributed by atoms with van der Waals surface area (Å²) in [5.41, 5.74) is 6.15. The van der Waals surface area contributed by atoms with E-state index in [1.165, 1.54) is 5.56 Å². The van der Waals surface area contributed by atoms with Crippen LogP contribution in [0.2, 0.25) is 0 Å². The van der Waals surface area contributed by atoms with E-state index in [0.717, 1.165) is 11.3 Å². The summed E-state index contributed by atoms with van der Waals surface area (Å²) in [6.07, 6.45) is 0. The molecule has 20 heavy (non-hydrogen) atoms. The van der Waals surface area contributed by atoms with Crippen molar-refractivity contribution in [2.24, 2.45) is 16.0 Å². The Balaban J connectivity index is 2.04. The van der Waals surface area contributed by atoms with Crippen LogP contribution in [0, 0.1) is 0 Å². The van der Waals surface area contributed by atoms with E-state index >= 15 is 0 Å². The maximum Gasteiger partial charge on any atom is 0.201 e. The molecule has 0 bridgehead atoms. The smallest absolute Gasteiger partial charge is 0.201 e. The van der Waals surface area contributed by atoms with Gasteiger partial charge in [-0.1, -0.05) is 72.4 Å². The summed E-state index contributed by atoms with van der Waals surface area (Å²) >= 11 is 1.57. The number of hydrogen-bond acceptors (Lipinski definition) is 4. The third-order valence-corrected chi connectivity index (χ3v) is 4.19. The van der Waals surface area contributed by atoms with Gasteiger partial charge in [0.25, 0.3) is 0 Å². The predicted octanol–water partition coefficient (Wildman–Crippen LogP) is 2.70. The minimum absolute atomic E-state index is 0.0853. The number of nitrogens with one attached hydrogen (secondary N) is 1. The van der Waals surface area contributed by atoms with Gasteiger partial charge in [-0.05, 0) is 11.1 Å². The second-order valence-electron chi connectivity index (χ2n) is 4.32. The third kappa shape index (κ3) is 2.53. The molecule has 0 saturated heterocycles. The number of hydrogen-bond donors (Lipinski definition) is 2.